The van der Waals surface area contributed by atoms with Gasteiger partial charge in [-0.2, -0.15) is 0 Å². The summed E-state index contributed by atoms with van der Waals surface area (Å²) in [7, 11) is 0. The van der Waals surface area contributed by atoms with Gasteiger partial charge in [-0.1, -0.05) is 55.2 Å². The van der Waals surface area contributed by atoms with Crippen LogP contribution in [0.3, 0.4) is 0 Å². The third kappa shape index (κ3) is 4.02. The summed E-state index contributed by atoms with van der Waals surface area (Å²) in [6.07, 6.45) is 0.982. The van der Waals surface area contributed by atoms with Gasteiger partial charge in [0, 0.05) is 11.4 Å². The molecule has 0 aliphatic rings. The number of rotatable bonds is 6. The van der Waals surface area contributed by atoms with Gasteiger partial charge in [0.25, 0.3) is 0 Å². The maximum atomic E-state index is 11.6. The van der Waals surface area contributed by atoms with E-state index < -0.39 is 11.9 Å². The lowest BCUT2D eigenvalue weighted by molar-refractivity contribution is -0.138. The van der Waals surface area contributed by atoms with E-state index in [2.05, 4.69) is 23.8 Å². The van der Waals surface area contributed by atoms with Crippen LogP contribution in [0.4, 0.5) is 0 Å². The normalized spacial score (nSPS) is 12.6. The summed E-state index contributed by atoms with van der Waals surface area (Å²) in [6, 6.07) is 7.20. The van der Waals surface area contributed by atoms with E-state index in [1.807, 2.05) is 18.2 Å². The van der Waals surface area contributed by atoms with E-state index in [0.29, 0.717) is 22.5 Å². The van der Waals surface area contributed by atoms with Gasteiger partial charge in [0.15, 0.2) is 5.15 Å². The van der Waals surface area contributed by atoms with Crippen LogP contribution in [-0.4, -0.2) is 21.0 Å². The molecule has 0 saturated heterocycles. The lowest BCUT2D eigenvalue weighted by Crippen LogP contribution is -2.15. The van der Waals surface area contributed by atoms with Crippen LogP contribution in [0.15, 0.2) is 24.3 Å². The fourth-order valence-electron chi connectivity index (χ4n) is 2.32. The third-order valence-corrected chi connectivity index (χ3v) is 4.02. The highest BCUT2D eigenvalue weighted by Gasteiger charge is 2.26. The van der Waals surface area contributed by atoms with Crippen LogP contribution in [0.5, 0.6) is 0 Å². The molecular formula is C16H18Cl2N2O2. The Morgan fingerprint density at radius 3 is 2.55 bits per heavy atom. The second-order valence-corrected chi connectivity index (χ2v) is 6.44. The van der Waals surface area contributed by atoms with Crippen LogP contribution in [-0.2, 0) is 17.6 Å². The van der Waals surface area contributed by atoms with Crippen molar-refractivity contribution in [2.75, 3.05) is 0 Å². The van der Waals surface area contributed by atoms with Gasteiger partial charge in [0.05, 0.1) is 5.69 Å². The molecule has 1 aromatic carbocycles. The number of carbonyl (C=O) groups is 1. The summed E-state index contributed by atoms with van der Waals surface area (Å²) < 4.78 is 0. The van der Waals surface area contributed by atoms with Gasteiger partial charge < -0.3 is 10.1 Å². The summed E-state index contributed by atoms with van der Waals surface area (Å²) in [4.78, 5) is 18.9. The quantitative estimate of drug-likeness (QED) is 0.822. The molecule has 1 heterocycles. The number of carboxylic acid groups (broad SMARTS) is 1. The molecule has 0 aliphatic carbocycles. The van der Waals surface area contributed by atoms with Crippen molar-refractivity contribution in [3.63, 3.8) is 0 Å². The predicted molar refractivity (Wildman–Crippen MR) is 87.7 cm³/mol. The lowest BCUT2D eigenvalue weighted by Gasteiger charge is -2.12. The molecule has 1 aromatic heterocycles. The predicted octanol–water partition coefficient (Wildman–Crippen LogP) is 4.33. The standard InChI is InChI=1S/C16H18Cl2N2O2/c1-9(2)7-13-19-14(15(18)20-13)11(16(21)22)8-10-5-3-4-6-12(10)17/h3-6,9,11H,7-8H2,1-2H3,(H,19,20)(H,21,22). The summed E-state index contributed by atoms with van der Waals surface area (Å²) in [5, 5.41) is 10.3. The van der Waals surface area contributed by atoms with Crippen molar-refractivity contribution in [2.24, 2.45) is 5.92 Å². The number of H-pyrrole nitrogens is 1. The Bertz CT molecular complexity index is 668. The number of nitrogens with zero attached hydrogens (tertiary/aromatic N) is 1. The second-order valence-electron chi connectivity index (χ2n) is 5.67. The number of hydrogen-bond donors (Lipinski definition) is 2. The first-order valence-electron chi connectivity index (χ1n) is 7.09. The van der Waals surface area contributed by atoms with Crippen LogP contribution in [0.25, 0.3) is 0 Å². The minimum atomic E-state index is -0.957. The zero-order chi connectivity index (χ0) is 16.3. The highest BCUT2D eigenvalue weighted by molar-refractivity contribution is 6.31. The summed E-state index contributed by atoms with van der Waals surface area (Å²) in [5.41, 5.74) is 1.21. The zero-order valence-electron chi connectivity index (χ0n) is 12.4. The Morgan fingerprint density at radius 2 is 1.95 bits per heavy atom. The summed E-state index contributed by atoms with van der Waals surface area (Å²) >= 11 is 12.3. The first kappa shape index (κ1) is 16.8. The van der Waals surface area contributed by atoms with Crippen molar-refractivity contribution >= 4 is 29.2 Å². The maximum absolute atomic E-state index is 11.6. The Morgan fingerprint density at radius 1 is 1.27 bits per heavy atom. The minimum absolute atomic E-state index is 0.218. The van der Waals surface area contributed by atoms with Crippen LogP contribution in [0.2, 0.25) is 10.2 Å². The molecule has 22 heavy (non-hydrogen) atoms. The van der Waals surface area contributed by atoms with Crippen molar-refractivity contribution in [1.82, 2.24) is 9.97 Å². The van der Waals surface area contributed by atoms with Crippen LogP contribution >= 0.6 is 23.2 Å². The maximum Gasteiger partial charge on any atom is 0.312 e. The van der Waals surface area contributed by atoms with Crippen molar-refractivity contribution < 1.29 is 9.90 Å². The van der Waals surface area contributed by atoms with E-state index in [1.54, 1.807) is 6.07 Å². The third-order valence-electron chi connectivity index (χ3n) is 3.36. The largest absolute Gasteiger partial charge is 0.481 e. The summed E-state index contributed by atoms with van der Waals surface area (Å²) in [5.74, 6) is -0.648. The Labute approximate surface area is 139 Å². The number of aromatic amines is 1. The molecule has 0 spiro atoms. The van der Waals surface area contributed by atoms with E-state index in [1.165, 1.54) is 0 Å². The highest BCUT2D eigenvalue weighted by Crippen LogP contribution is 2.29. The molecule has 2 N–H and O–H groups in total. The smallest absolute Gasteiger partial charge is 0.312 e. The molecule has 0 bridgehead atoms. The Kier molecular flexibility index (Phi) is 5.48. The number of aliphatic carboxylic acids is 1. The van der Waals surface area contributed by atoms with E-state index in [-0.39, 0.29) is 11.6 Å². The fraction of sp³-hybridized carbons (Fsp3) is 0.375. The van der Waals surface area contributed by atoms with E-state index in [4.69, 9.17) is 23.2 Å². The van der Waals surface area contributed by atoms with Gasteiger partial charge in [0.2, 0.25) is 0 Å². The molecule has 2 aromatic rings. The highest BCUT2D eigenvalue weighted by atomic mass is 35.5. The molecule has 0 amide bonds. The zero-order valence-corrected chi connectivity index (χ0v) is 13.9. The molecule has 118 valence electrons. The van der Waals surface area contributed by atoms with Gasteiger partial charge in [-0.05, 0) is 24.0 Å². The van der Waals surface area contributed by atoms with Gasteiger partial charge in [0.1, 0.15) is 11.7 Å². The van der Waals surface area contributed by atoms with Crippen LogP contribution < -0.4 is 0 Å². The van der Waals surface area contributed by atoms with Gasteiger partial charge in [-0.15, -0.1) is 0 Å². The number of aromatic nitrogens is 2. The molecule has 0 radical (unpaired) electrons. The van der Waals surface area contributed by atoms with E-state index in [0.717, 1.165) is 12.0 Å². The average Bonchev–Trinajstić information content (AvgIpc) is 2.77. The number of carboxylic acids is 1. The fourth-order valence-corrected chi connectivity index (χ4v) is 2.82. The molecule has 2 rings (SSSR count). The number of benzene rings is 1. The Balaban J connectivity index is 2.31. The minimum Gasteiger partial charge on any atom is -0.481 e. The van der Waals surface area contributed by atoms with Crippen molar-refractivity contribution in [2.45, 2.75) is 32.6 Å². The first-order chi connectivity index (χ1) is 10.4. The number of nitrogens with one attached hydrogen (secondary N) is 1. The van der Waals surface area contributed by atoms with Gasteiger partial charge in [-0.25, -0.2) is 4.98 Å². The first-order valence-corrected chi connectivity index (χ1v) is 7.84. The number of imidazole rings is 1. The number of halogens is 2. The summed E-state index contributed by atoms with van der Waals surface area (Å²) in [6.45, 7) is 4.13. The van der Waals surface area contributed by atoms with Crippen molar-refractivity contribution in [3.05, 3.63) is 51.5 Å². The SMILES string of the molecule is CC(C)Cc1nc(Cl)c(C(Cc2ccccc2Cl)C(=O)O)[nH]1. The van der Waals surface area contributed by atoms with Crippen molar-refractivity contribution in [1.29, 1.82) is 0 Å². The molecule has 0 aliphatic heterocycles. The Hall–Kier alpha value is -1.52. The average molecular weight is 341 g/mol. The molecule has 0 fully saturated rings. The molecule has 6 heteroatoms. The number of hydrogen-bond acceptors (Lipinski definition) is 2. The lowest BCUT2D eigenvalue weighted by atomic mass is 9.96. The van der Waals surface area contributed by atoms with Gasteiger partial charge >= 0.3 is 5.97 Å². The topological polar surface area (TPSA) is 66.0 Å². The molecule has 1 unspecified atom stereocenters. The monoisotopic (exact) mass is 340 g/mol. The molecule has 1 atom stereocenters. The van der Waals surface area contributed by atoms with Crippen LogP contribution in [0, 0.1) is 5.92 Å². The van der Waals surface area contributed by atoms with Crippen LogP contribution in [0.1, 0.15) is 36.8 Å². The van der Waals surface area contributed by atoms with Crippen molar-refractivity contribution in [3.8, 4) is 0 Å². The molecular weight excluding hydrogens is 323 g/mol. The van der Waals surface area contributed by atoms with E-state index >= 15 is 0 Å². The van der Waals surface area contributed by atoms with E-state index in [9.17, 15) is 9.90 Å². The second kappa shape index (κ2) is 7.16. The van der Waals surface area contributed by atoms with Gasteiger partial charge in [-0.3, -0.25) is 4.79 Å². The molecule has 0 saturated carbocycles. The molecule has 4 nitrogen and oxygen atoms in total.